The SMILES string of the molecule is CNC1CCCN(C(=O)C(C)N2C(=O)c3ccc(C)cc3C2=O)C1. The molecule has 3 amide bonds. The zero-order valence-corrected chi connectivity index (χ0v) is 14.3. The van der Waals surface area contributed by atoms with Crippen molar-refractivity contribution in [3.63, 3.8) is 0 Å². The van der Waals surface area contributed by atoms with Gasteiger partial charge < -0.3 is 10.2 Å². The summed E-state index contributed by atoms with van der Waals surface area (Å²) in [5.74, 6) is -0.916. The standard InChI is InChI=1S/C18H23N3O3/c1-11-6-7-14-15(9-11)18(24)21(17(14)23)12(2)16(22)20-8-4-5-13(10-20)19-3/h6-7,9,12-13,19H,4-5,8,10H2,1-3H3. The Kier molecular flexibility index (Phi) is 4.41. The van der Waals surface area contributed by atoms with Crippen LogP contribution in [0, 0.1) is 6.92 Å². The van der Waals surface area contributed by atoms with Gasteiger partial charge in [-0.2, -0.15) is 0 Å². The summed E-state index contributed by atoms with van der Waals surface area (Å²) < 4.78 is 0. The van der Waals surface area contributed by atoms with E-state index in [1.54, 1.807) is 24.0 Å². The Labute approximate surface area is 141 Å². The first-order valence-electron chi connectivity index (χ1n) is 8.38. The van der Waals surface area contributed by atoms with Gasteiger partial charge in [0.1, 0.15) is 6.04 Å². The van der Waals surface area contributed by atoms with E-state index in [1.165, 1.54) is 0 Å². The third-order valence-electron chi connectivity index (χ3n) is 4.96. The number of carbonyl (C=O) groups is 3. The van der Waals surface area contributed by atoms with E-state index >= 15 is 0 Å². The van der Waals surface area contributed by atoms with Crippen molar-refractivity contribution in [2.45, 2.75) is 38.8 Å². The van der Waals surface area contributed by atoms with Crippen molar-refractivity contribution in [1.29, 1.82) is 0 Å². The molecule has 128 valence electrons. The van der Waals surface area contributed by atoms with Crippen LogP contribution in [0.15, 0.2) is 18.2 Å². The molecule has 2 unspecified atom stereocenters. The Morgan fingerprint density at radius 1 is 1.25 bits per heavy atom. The number of amides is 3. The molecular weight excluding hydrogens is 306 g/mol. The molecule has 1 aromatic carbocycles. The fourth-order valence-corrected chi connectivity index (χ4v) is 3.51. The normalized spacial score (nSPS) is 21.9. The maximum atomic E-state index is 12.8. The molecule has 2 atom stereocenters. The van der Waals surface area contributed by atoms with Gasteiger partial charge in [-0.3, -0.25) is 19.3 Å². The summed E-state index contributed by atoms with van der Waals surface area (Å²) in [7, 11) is 1.88. The minimum atomic E-state index is -0.784. The van der Waals surface area contributed by atoms with Gasteiger partial charge in [0.25, 0.3) is 11.8 Å². The average molecular weight is 329 g/mol. The molecule has 2 aliphatic rings. The number of hydrogen-bond acceptors (Lipinski definition) is 4. The highest BCUT2D eigenvalue weighted by molar-refractivity contribution is 6.22. The van der Waals surface area contributed by atoms with Gasteiger partial charge in [0, 0.05) is 19.1 Å². The molecule has 2 heterocycles. The van der Waals surface area contributed by atoms with E-state index in [4.69, 9.17) is 0 Å². The highest BCUT2D eigenvalue weighted by atomic mass is 16.2. The fourth-order valence-electron chi connectivity index (χ4n) is 3.51. The molecule has 1 aromatic rings. The van der Waals surface area contributed by atoms with Crippen molar-refractivity contribution in [2.24, 2.45) is 0 Å². The van der Waals surface area contributed by atoms with Crippen molar-refractivity contribution >= 4 is 17.7 Å². The van der Waals surface area contributed by atoms with Crippen LogP contribution in [-0.2, 0) is 4.79 Å². The summed E-state index contributed by atoms with van der Waals surface area (Å²) >= 11 is 0. The first-order chi connectivity index (χ1) is 11.4. The molecule has 1 N–H and O–H groups in total. The number of likely N-dealkylation sites (tertiary alicyclic amines) is 1. The maximum absolute atomic E-state index is 12.8. The second-order valence-electron chi connectivity index (χ2n) is 6.62. The van der Waals surface area contributed by atoms with E-state index in [0.29, 0.717) is 24.2 Å². The van der Waals surface area contributed by atoms with Gasteiger partial charge in [-0.1, -0.05) is 11.6 Å². The Balaban J connectivity index is 1.80. The number of likely N-dealkylation sites (N-methyl/N-ethyl adjacent to an activating group) is 1. The highest BCUT2D eigenvalue weighted by Crippen LogP contribution is 2.26. The topological polar surface area (TPSA) is 69.7 Å². The zero-order valence-electron chi connectivity index (χ0n) is 14.3. The first kappa shape index (κ1) is 16.6. The predicted molar refractivity (Wildman–Crippen MR) is 89.8 cm³/mol. The van der Waals surface area contributed by atoms with Crippen molar-refractivity contribution in [2.75, 3.05) is 20.1 Å². The number of benzene rings is 1. The Bertz CT molecular complexity index is 701. The van der Waals surface area contributed by atoms with Gasteiger partial charge in [-0.15, -0.1) is 0 Å². The Morgan fingerprint density at radius 3 is 2.67 bits per heavy atom. The van der Waals surface area contributed by atoms with Crippen molar-refractivity contribution < 1.29 is 14.4 Å². The van der Waals surface area contributed by atoms with Crippen LogP contribution in [0.4, 0.5) is 0 Å². The minimum Gasteiger partial charge on any atom is -0.339 e. The number of nitrogens with zero attached hydrogens (tertiary/aromatic N) is 2. The van der Waals surface area contributed by atoms with Gasteiger partial charge in [0.15, 0.2) is 0 Å². The monoisotopic (exact) mass is 329 g/mol. The zero-order chi connectivity index (χ0) is 17.4. The Hall–Kier alpha value is -2.21. The number of imide groups is 1. The van der Waals surface area contributed by atoms with Gasteiger partial charge in [0.05, 0.1) is 11.1 Å². The van der Waals surface area contributed by atoms with Crippen LogP contribution in [-0.4, -0.2) is 59.7 Å². The number of carbonyl (C=O) groups excluding carboxylic acids is 3. The van der Waals surface area contributed by atoms with Crippen LogP contribution in [0.3, 0.4) is 0 Å². The third-order valence-corrected chi connectivity index (χ3v) is 4.96. The van der Waals surface area contributed by atoms with Crippen molar-refractivity contribution in [3.05, 3.63) is 34.9 Å². The second kappa shape index (κ2) is 6.36. The van der Waals surface area contributed by atoms with E-state index < -0.39 is 6.04 Å². The molecule has 6 nitrogen and oxygen atoms in total. The lowest BCUT2D eigenvalue weighted by atomic mass is 10.0. The molecule has 0 spiro atoms. The molecule has 0 saturated carbocycles. The molecule has 0 bridgehead atoms. The van der Waals surface area contributed by atoms with Crippen LogP contribution < -0.4 is 5.32 Å². The molecular formula is C18H23N3O3. The number of fused-ring (bicyclic) bond motifs is 1. The summed E-state index contributed by atoms with van der Waals surface area (Å²) in [5, 5.41) is 3.19. The maximum Gasteiger partial charge on any atom is 0.262 e. The van der Waals surface area contributed by atoms with Crippen LogP contribution in [0.2, 0.25) is 0 Å². The number of rotatable bonds is 3. The summed E-state index contributed by atoms with van der Waals surface area (Å²) in [6.45, 7) is 4.80. The van der Waals surface area contributed by atoms with E-state index in [0.717, 1.165) is 23.3 Å². The van der Waals surface area contributed by atoms with Gasteiger partial charge in [-0.05, 0) is 45.9 Å². The van der Waals surface area contributed by atoms with Gasteiger partial charge in [-0.25, -0.2) is 0 Å². The van der Waals surface area contributed by atoms with E-state index in [1.807, 2.05) is 20.0 Å². The molecule has 3 rings (SSSR count). The van der Waals surface area contributed by atoms with Crippen LogP contribution >= 0.6 is 0 Å². The third kappa shape index (κ3) is 2.71. The molecule has 1 fully saturated rings. The number of piperidine rings is 1. The number of hydrogen-bond donors (Lipinski definition) is 1. The van der Waals surface area contributed by atoms with Gasteiger partial charge in [0.2, 0.25) is 5.91 Å². The molecule has 6 heteroatoms. The smallest absolute Gasteiger partial charge is 0.262 e. The van der Waals surface area contributed by atoms with Crippen LogP contribution in [0.25, 0.3) is 0 Å². The molecule has 1 saturated heterocycles. The van der Waals surface area contributed by atoms with Gasteiger partial charge >= 0.3 is 0 Å². The van der Waals surface area contributed by atoms with E-state index in [2.05, 4.69) is 5.32 Å². The average Bonchev–Trinajstić information content (AvgIpc) is 2.84. The number of nitrogens with one attached hydrogen (secondary N) is 1. The lowest BCUT2D eigenvalue weighted by Crippen LogP contribution is -2.54. The van der Waals surface area contributed by atoms with E-state index in [-0.39, 0.29) is 23.8 Å². The predicted octanol–water partition coefficient (Wildman–Crippen LogP) is 1.19. The fraction of sp³-hybridized carbons (Fsp3) is 0.500. The molecule has 24 heavy (non-hydrogen) atoms. The summed E-state index contributed by atoms with van der Waals surface area (Å²) in [6, 6.07) is 4.67. The van der Waals surface area contributed by atoms with Crippen LogP contribution in [0.1, 0.15) is 46.0 Å². The first-order valence-corrected chi connectivity index (χ1v) is 8.38. The minimum absolute atomic E-state index is 0.166. The van der Waals surface area contributed by atoms with Crippen molar-refractivity contribution in [3.8, 4) is 0 Å². The van der Waals surface area contributed by atoms with Crippen molar-refractivity contribution in [1.82, 2.24) is 15.1 Å². The largest absolute Gasteiger partial charge is 0.339 e. The Morgan fingerprint density at radius 2 is 1.96 bits per heavy atom. The van der Waals surface area contributed by atoms with E-state index in [9.17, 15) is 14.4 Å². The molecule has 0 radical (unpaired) electrons. The second-order valence-corrected chi connectivity index (χ2v) is 6.62. The molecule has 0 aromatic heterocycles. The molecule has 2 aliphatic heterocycles. The summed E-state index contributed by atoms with van der Waals surface area (Å²) in [6.07, 6.45) is 1.95. The summed E-state index contributed by atoms with van der Waals surface area (Å²) in [4.78, 5) is 40.9. The lowest BCUT2D eigenvalue weighted by Gasteiger charge is -2.35. The summed E-state index contributed by atoms with van der Waals surface area (Å²) in [5.41, 5.74) is 1.70. The lowest BCUT2D eigenvalue weighted by molar-refractivity contribution is -0.136. The van der Waals surface area contributed by atoms with Crippen LogP contribution in [0.5, 0.6) is 0 Å². The number of aryl methyl sites for hydroxylation is 1. The quantitative estimate of drug-likeness (QED) is 0.846. The molecule has 0 aliphatic carbocycles. The highest BCUT2D eigenvalue weighted by Gasteiger charge is 2.42.